The highest BCUT2D eigenvalue weighted by molar-refractivity contribution is 6.33. The molecule has 1 aromatic heterocycles. The van der Waals surface area contributed by atoms with Gasteiger partial charge >= 0.3 is 0 Å². The first-order chi connectivity index (χ1) is 11.7. The predicted molar refractivity (Wildman–Crippen MR) is 97.4 cm³/mol. The molecule has 1 fully saturated rings. The highest BCUT2D eigenvalue weighted by atomic mass is 35.5. The van der Waals surface area contributed by atoms with Crippen LogP contribution in [0.2, 0.25) is 5.02 Å². The van der Waals surface area contributed by atoms with Crippen molar-refractivity contribution in [2.45, 2.75) is 18.9 Å². The molecule has 3 rings (SSSR count). The molecule has 6 heteroatoms. The van der Waals surface area contributed by atoms with Gasteiger partial charge in [0, 0.05) is 37.2 Å². The summed E-state index contributed by atoms with van der Waals surface area (Å²) in [5.41, 5.74) is 1.76. The number of nitrogens with zero attached hydrogens (tertiary/aromatic N) is 2. The Bertz CT molecular complexity index is 672. The van der Waals surface area contributed by atoms with Gasteiger partial charge in [-0.2, -0.15) is 0 Å². The fraction of sp³-hybridized carbons (Fsp3) is 0.333. The van der Waals surface area contributed by atoms with Crippen molar-refractivity contribution in [3.05, 3.63) is 53.8 Å². The Hall–Kier alpha value is -2.11. The lowest BCUT2D eigenvalue weighted by atomic mass is 10.0. The van der Waals surface area contributed by atoms with Gasteiger partial charge < -0.3 is 10.6 Å². The predicted octanol–water partition coefficient (Wildman–Crippen LogP) is 3.25. The number of benzene rings is 1. The lowest BCUT2D eigenvalue weighted by Gasteiger charge is -2.32. The number of carbonyl (C=O) groups excluding carboxylic acids is 1. The van der Waals surface area contributed by atoms with E-state index in [1.807, 2.05) is 36.4 Å². The van der Waals surface area contributed by atoms with Crippen molar-refractivity contribution in [1.29, 1.82) is 0 Å². The van der Waals surface area contributed by atoms with E-state index in [9.17, 15) is 4.79 Å². The summed E-state index contributed by atoms with van der Waals surface area (Å²) < 4.78 is 0. The summed E-state index contributed by atoms with van der Waals surface area (Å²) in [7, 11) is 0. The third-order valence-electron chi connectivity index (χ3n) is 4.14. The summed E-state index contributed by atoms with van der Waals surface area (Å²) in [6.45, 7) is 2.21. The molecule has 0 radical (unpaired) electrons. The van der Waals surface area contributed by atoms with Gasteiger partial charge in [-0.15, -0.1) is 0 Å². The fourth-order valence-corrected chi connectivity index (χ4v) is 3.05. The maximum absolute atomic E-state index is 12.1. The normalized spacial score (nSPS) is 15.9. The van der Waals surface area contributed by atoms with Crippen LogP contribution < -0.4 is 10.6 Å². The third kappa shape index (κ3) is 4.69. The van der Waals surface area contributed by atoms with Crippen LogP contribution in [0.1, 0.15) is 12.8 Å². The number of hydrogen-bond donors (Lipinski definition) is 2. The van der Waals surface area contributed by atoms with E-state index in [0.29, 0.717) is 17.6 Å². The van der Waals surface area contributed by atoms with E-state index in [-0.39, 0.29) is 5.91 Å². The van der Waals surface area contributed by atoms with Gasteiger partial charge in [-0.3, -0.25) is 14.7 Å². The number of likely N-dealkylation sites (tertiary alicyclic amines) is 1. The zero-order valence-corrected chi connectivity index (χ0v) is 14.2. The lowest BCUT2D eigenvalue weighted by Crippen LogP contribution is -2.42. The minimum atomic E-state index is 0.0322. The average molecular weight is 345 g/mol. The van der Waals surface area contributed by atoms with Crippen LogP contribution in [0.15, 0.2) is 48.8 Å². The number of pyridine rings is 1. The first-order valence-electron chi connectivity index (χ1n) is 8.14. The quantitative estimate of drug-likeness (QED) is 0.874. The number of anilines is 2. The molecule has 0 saturated carbocycles. The number of halogens is 1. The molecule has 0 unspecified atom stereocenters. The van der Waals surface area contributed by atoms with E-state index in [1.165, 1.54) is 0 Å². The summed E-state index contributed by atoms with van der Waals surface area (Å²) in [6.07, 6.45) is 5.35. The number of para-hydroxylation sites is 1. The topological polar surface area (TPSA) is 57.3 Å². The first-order valence-corrected chi connectivity index (χ1v) is 8.52. The largest absolute Gasteiger partial charge is 0.381 e. The van der Waals surface area contributed by atoms with E-state index >= 15 is 0 Å². The lowest BCUT2D eigenvalue weighted by molar-refractivity contribution is -0.117. The summed E-state index contributed by atoms with van der Waals surface area (Å²) in [4.78, 5) is 18.3. The van der Waals surface area contributed by atoms with Crippen molar-refractivity contribution < 1.29 is 4.79 Å². The second-order valence-electron chi connectivity index (χ2n) is 5.96. The van der Waals surface area contributed by atoms with Gasteiger partial charge in [0.05, 0.1) is 17.3 Å². The number of hydrogen-bond acceptors (Lipinski definition) is 4. The molecule has 2 aromatic rings. The molecular weight excluding hydrogens is 324 g/mol. The fourth-order valence-electron chi connectivity index (χ4n) is 2.87. The molecule has 0 atom stereocenters. The summed E-state index contributed by atoms with van der Waals surface area (Å²) in [5.74, 6) is 0.0322. The molecule has 24 heavy (non-hydrogen) atoms. The van der Waals surface area contributed by atoms with Crippen LogP contribution in [-0.2, 0) is 4.79 Å². The van der Waals surface area contributed by atoms with Crippen LogP contribution in [0.3, 0.4) is 0 Å². The van der Waals surface area contributed by atoms with Gasteiger partial charge in [-0.1, -0.05) is 29.8 Å². The molecule has 1 aliphatic heterocycles. The van der Waals surface area contributed by atoms with Gasteiger partial charge in [0.1, 0.15) is 0 Å². The molecule has 2 heterocycles. The Morgan fingerprint density at radius 3 is 2.67 bits per heavy atom. The van der Waals surface area contributed by atoms with Gasteiger partial charge in [0.15, 0.2) is 0 Å². The van der Waals surface area contributed by atoms with Crippen molar-refractivity contribution in [2.24, 2.45) is 0 Å². The molecule has 0 aliphatic carbocycles. The monoisotopic (exact) mass is 344 g/mol. The van der Waals surface area contributed by atoms with E-state index in [1.54, 1.807) is 12.4 Å². The first kappa shape index (κ1) is 16.7. The average Bonchev–Trinajstić information content (AvgIpc) is 2.59. The van der Waals surface area contributed by atoms with E-state index in [2.05, 4.69) is 20.5 Å². The molecule has 2 N–H and O–H groups in total. The molecule has 0 spiro atoms. The Kier molecular flexibility index (Phi) is 5.67. The number of amides is 1. The third-order valence-corrected chi connectivity index (χ3v) is 4.45. The van der Waals surface area contributed by atoms with Crippen molar-refractivity contribution in [2.75, 3.05) is 30.3 Å². The van der Waals surface area contributed by atoms with E-state index in [0.717, 1.165) is 37.3 Å². The Morgan fingerprint density at radius 1 is 1.21 bits per heavy atom. The number of nitrogens with one attached hydrogen (secondary N) is 2. The van der Waals surface area contributed by atoms with Gasteiger partial charge in [-0.25, -0.2) is 0 Å². The highest BCUT2D eigenvalue weighted by Gasteiger charge is 2.21. The molecule has 1 aromatic carbocycles. The van der Waals surface area contributed by atoms with Crippen LogP contribution >= 0.6 is 11.6 Å². The van der Waals surface area contributed by atoms with Crippen LogP contribution in [0.4, 0.5) is 11.4 Å². The molecule has 1 aliphatic rings. The Labute approximate surface area is 147 Å². The van der Waals surface area contributed by atoms with Crippen molar-refractivity contribution in [3.8, 4) is 0 Å². The van der Waals surface area contributed by atoms with Gasteiger partial charge in [0.25, 0.3) is 0 Å². The number of rotatable bonds is 5. The number of aromatic nitrogens is 1. The van der Waals surface area contributed by atoms with Crippen LogP contribution in [-0.4, -0.2) is 41.5 Å². The van der Waals surface area contributed by atoms with Gasteiger partial charge in [-0.05, 0) is 31.0 Å². The van der Waals surface area contributed by atoms with E-state index in [4.69, 9.17) is 11.6 Å². The molecule has 1 amide bonds. The molecule has 1 saturated heterocycles. The van der Waals surface area contributed by atoms with Crippen molar-refractivity contribution in [1.82, 2.24) is 9.88 Å². The maximum atomic E-state index is 12.1. The standard InChI is InChI=1S/C18H21ClN4O/c19-16-12-20-9-6-17(16)21-15-7-10-23(11-8-15)13-18(24)22-14-4-2-1-3-5-14/h1-6,9,12,15H,7-8,10-11,13H2,(H,20,21)(H,22,24). The minimum absolute atomic E-state index is 0.0322. The second-order valence-corrected chi connectivity index (χ2v) is 6.37. The molecule has 126 valence electrons. The summed E-state index contributed by atoms with van der Waals surface area (Å²) >= 11 is 6.13. The van der Waals surface area contributed by atoms with Crippen LogP contribution in [0.5, 0.6) is 0 Å². The van der Waals surface area contributed by atoms with Crippen molar-refractivity contribution >= 4 is 28.9 Å². The Balaban J connectivity index is 1.43. The Morgan fingerprint density at radius 2 is 1.96 bits per heavy atom. The highest BCUT2D eigenvalue weighted by Crippen LogP contribution is 2.23. The number of piperidine rings is 1. The van der Waals surface area contributed by atoms with Crippen LogP contribution in [0, 0.1) is 0 Å². The SMILES string of the molecule is O=C(CN1CCC(Nc2ccncc2Cl)CC1)Nc1ccccc1. The summed E-state index contributed by atoms with van der Waals surface area (Å²) in [6, 6.07) is 11.8. The van der Waals surface area contributed by atoms with Crippen molar-refractivity contribution in [3.63, 3.8) is 0 Å². The zero-order chi connectivity index (χ0) is 16.8. The molecule has 0 bridgehead atoms. The maximum Gasteiger partial charge on any atom is 0.238 e. The molecular formula is C18H21ClN4O. The second kappa shape index (κ2) is 8.13. The minimum Gasteiger partial charge on any atom is -0.381 e. The summed E-state index contributed by atoms with van der Waals surface area (Å²) in [5, 5.41) is 7.03. The molecule has 5 nitrogen and oxygen atoms in total. The van der Waals surface area contributed by atoms with Gasteiger partial charge in [0.2, 0.25) is 5.91 Å². The number of carbonyl (C=O) groups is 1. The zero-order valence-electron chi connectivity index (χ0n) is 13.4. The van der Waals surface area contributed by atoms with Crippen LogP contribution in [0.25, 0.3) is 0 Å². The van der Waals surface area contributed by atoms with E-state index < -0.39 is 0 Å². The smallest absolute Gasteiger partial charge is 0.238 e.